The van der Waals surface area contributed by atoms with Crippen LogP contribution in [0.1, 0.15) is 25.7 Å². The number of hydrogen-bond acceptors (Lipinski definition) is 4. The van der Waals surface area contributed by atoms with Crippen LogP contribution in [0.2, 0.25) is 0 Å². The number of nitrogens with zero attached hydrogens (tertiary/aromatic N) is 3. The first-order chi connectivity index (χ1) is 8.81. The van der Waals surface area contributed by atoms with E-state index in [0.717, 1.165) is 12.8 Å². The molecule has 2 fully saturated rings. The predicted octanol–water partition coefficient (Wildman–Crippen LogP) is 0.613. The van der Waals surface area contributed by atoms with Gasteiger partial charge in [-0.15, -0.1) is 0 Å². The molecule has 0 spiro atoms. The van der Waals surface area contributed by atoms with Crippen LogP contribution in [0, 0.1) is 11.3 Å². The quantitative estimate of drug-likeness (QED) is 0.687. The fourth-order valence-electron chi connectivity index (χ4n) is 2.76. The first kappa shape index (κ1) is 13.3. The van der Waals surface area contributed by atoms with Gasteiger partial charge in [0.2, 0.25) is 5.91 Å². The van der Waals surface area contributed by atoms with E-state index in [-0.39, 0.29) is 5.91 Å². The fourth-order valence-corrected chi connectivity index (χ4v) is 2.76. The number of hydrogen-bond donors (Lipinski definition) is 0. The second-order valence-corrected chi connectivity index (χ2v) is 4.99. The average Bonchev–Trinajstić information content (AvgIpc) is 2.93. The molecule has 100 valence electrons. The molecule has 0 atom stereocenters. The van der Waals surface area contributed by atoms with Crippen LogP contribution in [0.5, 0.6) is 0 Å². The molecule has 1 saturated carbocycles. The van der Waals surface area contributed by atoms with Crippen molar-refractivity contribution in [1.82, 2.24) is 9.80 Å². The first-order valence-corrected chi connectivity index (χ1v) is 6.78. The SMILES string of the molecule is N#CCN(CC(=O)N1CCOCC1)C1CCCC1. The molecular formula is C13H21N3O2. The molecule has 2 rings (SSSR count). The zero-order valence-corrected chi connectivity index (χ0v) is 10.8. The molecule has 0 radical (unpaired) electrons. The van der Waals surface area contributed by atoms with E-state index in [1.165, 1.54) is 12.8 Å². The second-order valence-electron chi connectivity index (χ2n) is 4.99. The molecule has 0 aromatic rings. The molecular weight excluding hydrogens is 230 g/mol. The molecule has 0 aromatic carbocycles. The normalized spacial score (nSPS) is 21.2. The summed E-state index contributed by atoms with van der Waals surface area (Å²) in [6.45, 7) is 3.38. The van der Waals surface area contributed by atoms with Gasteiger partial charge in [0.1, 0.15) is 0 Å². The van der Waals surface area contributed by atoms with Crippen LogP contribution in [-0.4, -0.2) is 61.1 Å². The third-order valence-corrected chi connectivity index (χ3v) is 3.82. The van der Waals surface area contributed by atoms with E-state index in [2.05, 4.69) is 6.07 Å². The molecule has 1 heterocycles. The standard InChI is InChI=1S/C13H21N3O2/c14-5-6-16(12-3-1-2-4-12)11-13(17)15-7-9-18-10-8-15/h12H,1-4,6-11H2. The van der Waals surface area contributed by atoms with Crippen molar-refractivity contribution in [2.75, 3.05) is 39.4 Å². The first-order valence-electron chi connectivity index (χ1n) is 6.78. The highest BCUT2D eigenvalue weighted by Gasteiger charge is 2.26. The molecule has 5 nitrogen and oxygen atoms in total. The molecule has 0 unspecified atom stereocenters. The lowest BCUT2D eigenvalue weighted by Gasteiger charge is -2.31. The summed E-state index contributed by atoms with van der Waals surface area (Å²) in [4.78, 5) is 16.1. The summed E-state index contributed by atoms with van der Waals surface area (Å²) in [5.41, 5.74) is 0. The maximum absolute atomic E-state index is 12.2. The Hall–Kier alpha value is -1.12. The lowest BCUT2D eigenvalue weighted by Crippen LogP contribution is -2.47. The summed E-state index contributed by atoms with van der Waals surface area (Å²) in [6.07, 6.45) is 4.69. The van der Waals surface area contributed by atoms with E-state index >= 15 is 0 Å². The van der Waals surface area contributed by atoms with Gasteiger partial charge in [0, 0.05) is 19.1 Å². The number of morpholine rings is 1. The number of nitriles is 1. The smallest absolute Gasteiger partial charge is 0.236 e. The van der Waals surface area contributed by atoms with E-state index < -0.39 is 0 Å². The van der Waals surface area contributed by atoms with Crippen LogP contribution >= 0.6 is 0 Å². The number of carbonyl (C=O) groups excluding carboxylic acids is 1. The van der Waals surface area contributed by atoms with Gasteiger partial charge in [-0.1, -0.05) is 12.8 Å². The van der Waals surface area contributed by atoms with Gasteiger partial charge in [0.15, 0.2) is 0 Å². The highest BCUT2D eigenvalue weighted by molar-refractivity contribution is 5.78. The van der Waals surface area contributed by atoms with Gasteiger partial charge in [-0.25, -0.2) is 0 Å². The molecule has 2 aliphatic rings. The lowest BCUT2D eigenvalue weighted by molar-refractivity contribution is -0.136. The predicted molar refractivity (Wildman–Crippen MR) is 66.8 cm³/mol. The highest BCUT2D eigenvalue weighted by Crippen LogP contribution is 2.23. The second kappa shape index (κ2) is 6.72. The maximum atomic E-state index is 12.2. The molecule has 18 heavy (non-hydrogen) atoms. The summed E-state index contributed by atoms with van der Waals surface area (Å²) < 4.78 is 5.24. The van der Waals surface area contributed by atoms with E-state index in [1.807, 2.05) is 9.80 Å². The molecule has 1 aliphatic carbocycles. The molecule has 0 aromatic heterocycles. The Morgan fingerprint density at radius 1 is 1.33 bits per heavy atom. The zero-order valence-electron chi connectivity index (χ0n) is 10.8. The minimum atomic E-state index is 0.139. The van der Waals surface area contributed by atoms with Crippen LogP contribution in [0.3, 0.4) is 0 Å². The van der Waals surface area contributed by atoms with Crippen molar-refractivity contribution in [3.05, 3.63) is 0 Å². The number of ether oxygens (including phenoxy) is 1. The Morgan fingerprint density at radius 2 is 2.00 bits per heavy atom. The van der Waals surface area contributed by atoms with E-state index in [4.69, 9.17) is 10.00 Å². The number of amides is 1. The Bertz CT molecular complexity index is 315. The van der Waals surface area contributed by atoms with Crippen LogP contribution in [0.4, 0.5) is 0 Å². The van der Waals surface area contributed by atoms with Crippen LogP contribution < -0.4 is 0 Å². The Balaban J connectivity index is 1.87. The van der Waals surface area contributed by atoms with E-state index in [1.54, 1.807) is 0 Å². The largest absolute Gasteiger partial charge is 0.378 e. The summed E-state index contributed by atoms with van der Waals surface area (Å²) in [6, 6.07) is 2.61. The van der Waals surface area contributed by atoms with Crippen LogP contribution in [0.25, 0.3) is 0 Å². The Labute approximate surface area is 108 Å². The summed E-state index contributed by atoms with van der Waals surface area (Å²) in [5.74, 6) is 0.139. The monoisotopic (exact) mass is 251 g/mol. The van der Waals surface area contributed by atoms with Crippen molar-refractivity contribution in [1.29, 1.82) is 5.26 Å². The Morgan fingerprint density at radius 3 is 2.61 bits per heavy atom. The van der Waals surface area contributed by atoms with Crippen molar-refractivity contribution >= 4 is 5.91 Å². The summed E-state index contributed by atoms with van der Waals surface area (Å²) in [7, 11) is 0. The van der Waals surface area contributed by atoms with Crippen molar-refractivity contribution in [3.63, 3.8) is 0 Å². The van der Waals surface area contributed by atoms with Gasteiger partial charge in [-0.05, 0) is 12.8 Å². The summed E-state index contributed by atoms with van der Waals surface area (Å²) >= 11 is 0. The Kier molecular flexibility index (Phi) is 4.97. The third kappa shape index (κ3) is 3.44. The molecule has 0 bridgehead atoms. The molecule has 0 N–H and O–H groups in total. The lowest BCUT2D eigenvalue weighted by atomic mass is 10.2. The van der Waals surface area contributed by atoms with Gasteiger partial charge in [-0.3, -0.25) is 9.69 Å². The summed E-state index contributed by atoms with van der Waals surface area (Å²) in [5, 5.41) is 8.88. The minimum absolute atomic E-state index is 0.139. The van der Waals surface area contributed by atoms with Crippen molar-refractivity contribution in [2.24, 2.45) is 0 Å². The van der Waals surface area contributed by atoms with Crippen molar-refractivity contribution in [3.8, 4) is 6.07 Å². The zero-order chi connectivity index (χ0) is 12.8. The molecule has 1 amide bonds. The van der Waals surface area contributed by atoms with Gasteiger partial charge < -0.3 is 9.64 Å². The van der Waals surface area contributed by atoms with E-state index in [0.29, 0.717) is 45.4 Å². The van der Waals surface area contributed by atoms with Crippen LogP contribution in [-0.2, 0) is 9.53 Å². The average molecular weight is 251 g/mol. The van der Waals surface area contributed by atoms with Crippen molar-refractivity contribution in [2.45, 2.75) is 31.7 Å². The molecule has 5 heteroatoms. The highest BCUT2D eigenvalue weighted by atomic mass is 16.5. The minimum Gasteiger partial charge on any atom is -0.378 e. The van der Waals surface area contributed by atoms with Gasteiger partial charge in [0.05, 0.1) is 32.4 Å². The van der Waals surface area contributed by atoms with Crippen molar-refractivity contribution < 1.29 is 9.53 Å². The number of carbonyl (C=O) groups is 1. The molecule has 1 saturated heterocycles. The molecule has 1 aliphatic heterocycles. The maximum Gasteiger partial charge on any atom is 0.236 e. The van der Waals surface area contributed by atoms with Gasteiger partial charge >= 0.3 is 0 Å². The van der Waals surface area contributed by atoms with E-state index in [9.17, 15) is 4.79 Å². The van der Waals surface area contributed by atoms with Gasteiger partial charge in [-0.2, -0.15) is 5.26 Å². The number of rotatable bonds is 4. The van der Waals surface area contributed by atoms with Crippen LogP contribution in [0.15, 0.2) is 0 Å². The topological polar surface area (TPSA) is 56.6 Å². The fraction of sp³-hybridized carbons (Fsp3) is 0.846. The van der Waals surface area contributed by atoms with Gasteiger partial charge in [0.25, 0.3) is 0 Å². The third-order valence-electron chi connectivity index (χ3n) is 3.82.